The van der Waals surface area contributed by atoms with Crippen molar-refractivity contribution in [1.29, 1.82) is 0 Å². The monoisotopic (exact) mass is 340 g/mol. The number of aliphatic hydroxyl groups is 1. The highest BCUT2D eigenvalue weighted by molar-refractivity contribution is 6.30. The van der Waals surface area contributed by atoms with E-state index in [2.05, 4.69) is 10.6 Å². The van der Waals surface area contributed by atoms with Gasteiger partial charge in [-0.3, -0.25) is 0 Å². The number of carbonyl (C=O) groups excluding carboxylic acids is 1. The summed E-state index contributed by atoms with van der Waals surface area (Å²) in [6.45, 7) is 1.78. The molecule has 1 heterocycles. The molecule has 1 aromatic heterocycles. The van der Waals surface area contributed by atoms with Gasteiger partial charge in [-0.1, -0.05) is 23.7 Å². The number of hydrogen-bond donors (Lipinski definition) is 3. The molecule has 0 aliphatic rings. The summed E-state index contributed by atoms with van der Waals surface area (Å²) in [4.78, 5) is 11.8. The molecule has 124 valence electrons. The Morgan fingerprint density at radius 3 is 2.87 bits per heavy atom. The molecule has 0 saturated heterocycles. The molecule has 2 atom stereocenters. The highest BCUT2D eigenvalue weighted by Gasteiger charge is 2.16. The van der Waals surface area contributed by atoms with E-state index in [1.807, 2.05) is 0 Å². The van der Waals surface area contributed by atoms with E-state index in [0.29, 0.717) is 17.7 Å². The fourth-order valence-corrected chi connectivity index (χ4v) is 2.32. The molecule has 3 N–H and O–H groups in total. The van der Waals surface area contributed by atoms with E-state index in [1.54, 1.807) is 31.2 Å². The third kappa shape index (κ3) is 4.97. The van der Waals surface area contributed by atoms with Gasteiger partial charge in [0.1, 0.15) is 17.7 Å². The molecule has 0 fully saturated rings. The van der Waals surface area contributed by atoms with Crippen LogP contribution in [0.2, 0.25) is 5.02 Å². The predicted octanol–water partition coefficient (Wildman–Crippen LogP) is 3.38. The average molecular weight is 341 g/mol. The Labute approximate surface area is 138 Å². The number of aliphatic hydroxyl groups excluding tert-OH is 1. The van der Waals surface area contributed by atoms with Crippen LogP contribution in [0.1, 0.15) is 30.8 Å². The van der Waals surface area contributed by atoms with E-state index in [4.69, 9.17) is 16.0 Å². The number of benzene rings is 1. The number of carbonyl (C=O) groups is 1. The van der Waals surface area contributed by atoms with E-state index < -0.39 is 18.0 Å². The first kappa shape index (κ1) is 17.3. The second-order valence-corrected chi connectivity index (χ2v) is 5.62. The molecule has 2 amide bonds. The molecule has 1 aromatic carbocycles. The Kier molecular flexibility index (Phi) is 6.01. The van der Waals surface area contributed by atoms with E-state index in [9.17, 15) is 14.3 Å². The van der Waals surface area contributed by atoms with Gasteiger partial charge in [0.15, 0.2) is 0 Å². The minimum Gasteiger partial charge on any atom is -0.467 e. The summed E-state index contributed by atoms with van der Waals surface area (Å²) in [7, 11) is 0. The second-order valence-electron chi connectivity index (χ2n) is 5.21. The van der Waals surface area contributed by atoms with E-state index in [1.165, 1.54) is 12.3 Å². The second kappa shape index (κ2) is 7.99. The van der Waals surface area contributed by atoms with Gasteiger partial charge in [-0.2, -0.15) is 0 Å². The first-order chi connectivity index (χ1) is 11.0. The topological polar surface area (TPSA) is 74.5 Å². The third-order valence-electron chi connectivity index (χ3n) is 3.30. The highest BCUT2D eigenvalue weighted by atomic mass is 35.5. The zero-order valence-electron chi connectivity index (χ0n) is 12.6. The van der Waals surface area contributed by atoms with Crippen LogP contribution in [-0.2, 0) is 6.54 Å². The summed E-state index contributed by atoms with van der Waals surface area (Å²) in [5.41, 5.74) is 0.302. The summed E-state index contributed by atoms with van der Waals surface area (Å²) in [6.07, 6.45) is 0.973. The molecular formula is C16H18ClFN2O3. The molecule has 0 unspecified atom stereocenters. The summed E-state index contributed by atoms with van der Waals surface area (Å²) in [5.74, 6) is -0.101. The van der Waals surface area contributed by atoms with Crippen molar-refractivity contribution in [2.45, 2.75) is 32.0 Å². The zero-order chi connectivity index (χ0) is 16.8. The van der Waals surface area contributed by atoms with Crippen LogP contribution in [0.5, 0.6) is 0 Å². The van der Waals surface area contributed by atoms with Crippen LogP contribution in [0.3, 0.4) is 0 Å². The summed E-state index contributed by atoms with van der Waals surface area (Å²) < 4.78 is 18.8. The molecule has 2 rings (SSSR count). The van der Waals surface area contributed by atoms with Crippen molar-refractivity contribution < 1.29 is 18.7 Å². The molecule has 5 nitrogen and oxygen atoms in total. The average Bonchev–Trinajstić information content (AvgIpc) is 3.03. The first-order valence-corrected chi connectivity index (χ1v) is 7.54. The Balaban J connectivity index is 1.79. The van der Waals surface area contributed by atoms with Crippen molar-refractivity contribution in [3.05, 3.63) is 58.8 Å². The van der Waals surface area contributed by atoms with Gasteiger partial charge in [-0.15, -0.1) is 0 Å². The molecule has 0 saturated carbocycles. The molecular weight excluding hydrogens is 323 g/mol. The molecule has 0 bridgehead atoms. The highest BCUT2D eigenvalue weighted by Crippen LogP contribution is 2.19. The summed E-state index contributed by atoms with van der Waals surface area (Å²) in [5, 5.41) is 15.2. The van der Waals surface area contributed by atoms with Crippen LogP contribution in [0, 0.1) is 5.82 Å². The van der Waals surface area contributed by atoms with Crippen molar-refractivity contribution in [2.24, 2.45) is 0 Å². The Hall–Kier alpha value is -2.05. The van der Waals surface area contributed by atoms with Crippen LogP contribution in [0.25, 0.3) is 0 Å². The lowest BCUT2D eigenvalue weighted by Crippen LogP contribution is -2.41. The molecule has 0 radical (unpaired) electrons. The smallest absolute Gasteiger partial charge is 0.315 e. The number of amides is 2. The van der Waals surface area contributed by atoms with Crippen molar-refractivity contribution in [1.82, 2.24) is 10.6 Å². The standard InChI is InChI=1S/C16H18ClFN2O3/c1-10(8-13(21)14-6-3-7-23-14)20-16(22)19-9-11-4-2-5-12(17)15(11)18/h2-7,10,13,21H,8-9H2,1H3,(H2,19,20,22)/t10-,13-/m0/s1. The van der Waals surface area contributed by atoms with Gasteiger partial charge in [0, 0.05) is 24.6 Å². The van der Waals surface area contributed by atoms with E-state index in [0.717, 1.165) is 0 Å². The molecule has 0 aliphatic heterocycles. The molecule has 0 aliphatic carbocycles. The van der Waals surface area contributed by atoms with Crippen molar-refractivity contribution in [3.8, 4) is 0 Å². The number of hydrogen-bond acceptors (Lipinski definition) is 3. The number of halogens is 2. The number of rotatable bonds is 6. The maximum atomic E-state index is 13.7. The van der Waals surface area contributed by atoms with Gasteiger partial charge >= 0.3 is 6.03 Å². The van der Waals surface area contributed by atoms with Crippen LogP contribution >= 0.6 is 11.6 Å². The van der Waals surface area contributed by atoms with Crippen LogP contribution in [0.4, 0.5) is 9.18 Å². The van der Waals surface area contributed by atoms with Crippen LogP contribution < -0.4 is 10.6 Å². The fourth-order valence-electron chi connectivity index (χ4n) is 2.13. The number of nitrogens with one attached hydrogen (secondary N) is 2. The van der Waals surface area contributed by atoms with Gasteiger partial charge in [0.05, 0.1) is 11.3 Å². The largest absolute Gasteiger partial charge is 0.467 e. The quantitative estimate of drug-likeness (QED) is 0.754. The first-order valence-electron chi connectivity index (χ1n) is 7.16. The lowest BCUT2D eigenvalue weighted by molar-refractivity contribution is 0.129. The zero-order valence-corrected chi connectivity index (χ0v) is 13.3. The van der Waals surface area contributed by atoms with E-state index >= 15 is 0 Å². The van der Waals surface area contributed by atoms with Crippen LogP contribution in [0.15, 0.2) is 41.0 Å². The van der Waals surface area contributed by atoms with E-state index in [-0.39, 0.29) is 17.6 Å². The SMILES string of the molecule is C[C@@H](C[C@H](O)c1ccco1)NC(=O)NCc1cccc(Cl)c1F. The summed E-state index contributed by atoms with van der Waals surface area (Å²) in [6, 6.07) is 7.21. The Morgan fingerprint density at radius 1 is 1.39 bits per heavy atom. The lowest BCUT2D eigenvalue weighted by atomic mass is 10.1. The minimum atomic E-state index is -0.800. The van der Waals surface area contributed by atoms with Crippen molar-refractivity contribution >= 4 is 17.6 Å². The molecule has 23 heavy (non-hydrogen) atoms. The number of urea groups is 1. The Bertz CT molecular complexity index is 649. The van der Waals surface area contributed by atoms with Crippen LogP contribution in [-0.4, -0.2) is 17.2 Å². The van der Waals surface area contributed by atoms with Gasteiger partial charge < -0.3 is 20.2 Å². The molecule has 0 spiro atoms. The third-order valence-corrected chi connectivity index (χ3v) is 3.59. The lowest BCUT2D eigenvalue weighted by Gasteiger charge is -2.17. The van der Waals surface area contributed by atoms with Crippen molar-refractivity contribution in [2.75, 3.05) is 0 Å². The molecule has 2 aromatic rings. The van der Waals surface area contributed by atoms with Crippen molar-refractivity contribution in [3.63, 3.8) is 0 Å². The predicted molar refractivity (Wildman–Crippen MR) is 84.5 cm³/mol. The van der Waals surface area contributed by atoms with Gasteiger partial charge in [-0.05, 0) is 25.1 Å². The maximum Gasteiger partial charge on any atom is 0.315 e. The minimum absolute atomic E-state index is 0.0136. The normalized spacial score (nSPS) is 13.4. The maximum absolute atomic E-state index is 13.7. The number of furan rings is 1. The molecule has 7 heteroatoms. The van der Waals surface area contributed by atoms with Gasteiger partial charge in [0.25, 0.3) is 0 Å². The Morgan fingerprint density at radius 2 is 2.17 bits per heavy atom. The van der Waals surface area contributed by atoms with Gasteiger partial charge in [0.2, 0.25) is 0 Å². The fraction of sp³-hybridized carbons (Fsp3) is 0.312. The van der Waals surface area contributed by atoms with Gasteiger partial charge in [-0.25, -0.2) is 9.18 Å². The summed E-state index contributed by atoms with van der Waals surface area (Å²) >= 11 is 5.68.